The standard InChI is InChI=1S/C21H23IO4/c22-17-3-6-21(26-20-8-10-24-14-20)16(12-17)11-15-1-4-18(5-2-15)25-19-7-9-23-13-19/h1-6,12,19-20H,7-11,13-14H2/t19-,20-/m0/s1. The minimum Gasteiger partial charge on any atom is -0.488 e. The van der Waals surface area contributed by atoms with E-state index in [9.17, 15) is 0 Å². The summed E-state index contributed by atoms with van der Waals surface area (Å²) in [6.45, 7) is 2.96. The van der Waals surface area contributed by atoms with Gasteiger partial charge in [-0.2, -0.15) is 0 Å². The molecule has 2 aliphatic heterocycles. The van der Waals surface area contributed by atoms with Gasteiger partial charge in [0.2, 0.25) is 0 Å². The van der Waals surface area contributed by atoms with E-state index in [1.807, 2.05) is 12.1 Å². The highest BCUT2D eigenvalue weighted by Crippen LogP contribution is 2.27. The van der Waals surface area contributed by atoms with Gasteiger partial charge in [0.25, 0.3) is 0 Å². The smallest absolute Gasteiger partial charge is 0.124 e. The van der Waals surface area contributed by atoms with Crippen molar-refractivity contribution in [1.82, 2.24) is 0 Å². The number of hydrogen-bond donors (Lipinski definition) is 0. The highest BCUT2D eigenvalue weighted by molar-refractivity contribution is 14.1. The first-order valence-electron chi connectivity index (χ1n) is 9.12. The summed E-state index contributed by atoms with van der Waals surface area (Å²) >= 11 is 2.35. The monoisotopic (exact) mass is 466 g/mol. The number of rotatable bonds is 6. The van der Waals surface area contributed by atoms with E-state index in [1.54, 1.807) is 0 Å². The molecule has 2 saturated heterocycles. The van der Waals surface area contributed by atoms with E-state index in [0.29, 0.717) is 13.2 Å². The van der Waals surface area contributed by atoms with Gasteiger partial charge in [0.05, 0.1) is 26.4 Å². The summed E-state index contributed by atoms with van der Waals surface area (Å²) in [6, 6.07) is 14.7. The lowest BCUT2D eigenvalue weighted by Crippen LogP contribution is -2.16. The molecule has 0 unspecified atom stereocenters. The predicted octanol–water partition coefficient (Wildman–Crippen LogP) is 4.22. The van der Waals surface area contributed by atoms with Crippen LogP contribution in [-0.4, -0.2) is 38.6 Å². The van der Waals surface area contributed by atoms with E-state index in [1.165, 1.54) is 14.7 Å². The fraction of sp³-hybridized carbons (Fsp3) is 0.429. The third-order valence-electron chi connectivity index (χ3n) is 4.71. The van der Waals surface area contributed by atoms with E-state index in [-0.39, 0.29) is 12.2 Å². The summed E-state index contributed by atoms with van der Waals surface area (Å²) in [6.07, 6.45) is 3.12. The van der Waals surface area contributed by atoms with Gasteiger partial charge >= 0.3 is 0 Å². The van der Waals surface area contributed by atoms with Crippen molar-refractivity contribution in [2.75, 3.05) is 26.4 Å². The molecule has 0 saturated carbocycles. The quantitative estimate of drug-likeness (QED) is 0.598. The van der Waals surface area contributed by atoms with Crippen LogP contribution in [0.1, 0.15) is 24.0 Å². The molecule has 4 nitrogen and oxygen atoms in total. The second-order valence-corrected chi connectivity index (χ2v) is 8.03. The van der Waals surface area contributed by atoms with E-state index < -0.39 is 0 Å². The van der Waals surface area contributed by atoms with Crippen molar-refractivity contribution >= 4 is 22.6 Å². The molecule has 2 aliphatic rings. The Kier molecular flexibility index (Phi) is 5.97. The Labute approximate surface area is 167 Å². The second kappa shape index (κ2) is 8.59. The molecule has 2 fully saturated rings. The van der Waals surface area contributed by atoms with Crippen molar-refractivity contribution < 1.29 is 18.9 Å². The number of benzene rings is 2. The maximum atomic E-state index is 6.18. The molecule has 0 spiro atoms. The van der Waals surface area contributed by atoms with Crippen LogP contribution in [0.3, 0.4) is 0 Å². The molecule has 0 bridgehead atoms. The lowest BCUT2D eigenvalue weighted by Gasteiger charge is -2.16. The molecule has 2 aromatic rings. The van der Waals surface area contributed by atoms with Crippen LogP contribution >= 0.6 is 22.6 Å². The largest absolute Gasteiger partial charge is 0.488 e. The number of hydrogen-bond acceptors (Lipinski definition) is 4. The maximum absolute atomic E-state index is 6.18. The lowest BCUT2D eigenvalue weighted by atomic mass is 10.0. The van der Waals surface area contributed by atoms with Crippen molar-refractivity contribution in [1.29, 1.82) is 0 Å². The summed E-state index contributed by atoms with van der Waals surface area (Å²) in [5.74, 6) is 1.87. The first kappa shape index (κ1) is 18.1. The molecule has 2 aromatic carbocycles. The predicted molar refractivity (Wildman–Crippen MR) is 108 cm³/mol. The normalized spacial score (nSPS) is 22.5. The minimum absolute atomic E-state index is 0.165. The summed E-state index contributed by atoms with van der Waals surface area (Å²) in [7, 11) is 0. The summed E-state index contributed by atoms with van der Waals surface area (Å²) in [5.41, 5.74) is 2.45. The Bertz CT molecular complexity index is 719. The molecular weight excluding hydrogens is 443 g/mol. The lowest BCUT2D eigenvalue weighted by molar-refractivity contribution is 0.140. The van der Waals surface area contributed by atoms with Crippen LogP contribution < -0.4 is 9.47 Å². The van der Waals surface area contributed by atoms with Crippen LogP contribution in [0.2, 0.25) is 0 Å². The van der Waals surface area contributed by atoms with E-state index in [0.717, 1.165) is 44.0 Å². The molecule has 0 aliphatic carbocycles. The SMILES string of the molecule is Ic1ccc(O[C@H]2CCOC2)c(Cc2ccc(O[C@H]3CCOC3)cc2)c1. The van der Waals surface area contributed by atoms with Crippen molar-refractivity contribution in [2.24, 2.45) is 0 Å². The van der Waals surface area contributed by atoms with Crippen LogP contribution in [0.15, 0.2) is 42.5 Å². The Morgan fingerprint density at radius 1 is 0.885 bits per heavy atom. The summed E-state index contributed by atoms with van der Waals surface area (Å²) in [4.78, 5) is 0. The number of ether oxygens (including phenoxy) is 4. The fourth-order valence-corrected chi connectivity index (χ4v) is 3.85. The van der Waals surface area contributed by atoms with Crippen molar-refractivity contribution in [2.45, 2.75) is 31.5 Å². The van der Waals surface area contributed by atoms with Crippen LogP contribution in [0, 0.1) is 3.57 Å². The van der Waals surface area contributed by atoms with Gasteiger partial charge in [-0.3, -0.25) is 0 Å². The van der Waals surface area contributed by atoms with Crippen LogP contribution in [-0.2, 0) is 15.9 Å². The maximum Gasteiger partial charge on any atom is 0.124 e. The Morgan fingerprint density at radius 2 is 1.58 bits per heavy atom. The molecule has 2 heterocycles. The Balaban J connectivity index is 1.44. The van der Waals surface area contributed by atoms with Gasteiger partial charge in [0, 0.05) is 22.8 Å². The third kappa shape index (κ3) is 4.69. The van der Waals surface area contributed by atoms with Crippen molar-refractivity contribution in [3.63, 3.8) is 0 Å². The highest BCUT2D eigenvalue weighted by atomic mass is 127. The summed E-state index contributed by atoms with van der Waals surface area (Å²) < 4.78 is 24.1. The molecular formula is C21H23IO4. The molecule has 2 atom stereocenters. The first-order chi connectivity index (χ1) is 12.8. The van der Waals surface area contributed by atoms with Gasteiger partial charge in [-0.25, -0.2) is 0 Å². The molecule has 5 heteroatoms. The summed E-state index contributed by atoms with van der Waals surface area (Å²) in [5, 5.41) is 0. The van der Waals surface area contributed by atoms with Gasteiger partial charge in [-0.15, -0.1) is 0 Å². The Morgan fingerprint density at radius 3 is 2.23 bits per heavy atom. The highest BCUT2D eigenvalue weighted by Gasteiger charge is 2.19. The van der Waals surface area contributed by atoms with Crippen molar-refractivity contribution in [3.05, 3.63) is 57.2 Å². The molecule has 0 radical (unpaired) electrons. The second-order valence-electron chi connectivity index (χ2n) is 6.78. The van der Waals surface area contributed by atoms with Gasteiger partial charge in [-0.1, -0.05) is 12.1 Å². The van der Waals surface area contributed by atoms with Gasteiger partial charge in [-0.05, 0) is 64.0 Å². The van der Waals surface area contributed by atoms with Crippen molar-refractivity contribution in [3.8, 4) is 11.5 Å². The first-order valence-corrected chi connectivity index (χ1v) is 10.2. The zero-order chi connectivity index (χ0) is 17.8. The van der Waals surface area contributed by atoms with E-state index in [4.69, 9.17) is 18.9 Å². The van der Waals surface area contributed by atoms with E-state index >= 15 is 0 Å². The van der Waals surface area contributed by atoms with Crippen LogP contribution in [0.25, 0.3) is 0 Å². The van der Waals surface area contributed by atoms with E-state index in [2.05, 4.69) is 52.9 Å². The fourth-order valence-electron chi connectivity index (χ4n) is 3.29. The van der Waals surface area contributed by atoms with Crippen LogP contribution in [0.4, 0.5) is 0 Å². The molecule has 0 amide bonds. The topological polar surface area (TPSA) is 36.9 Å². The van der Waals surface area contributed by atoms with Gasteiger partial charge < -0.3 is 18.9 Å². The molecule has 4 rings (SSSR count). The average Bonchev–Trinajstić information content (AvgIpc) is 3.33. The zero-order valence-electron chi connectivity index (χ0n) is 14.7. The zero-order valence-corrected chi connectivity index (χ0v) is 16.8. The molecule has 26 heavy (non-hydrogen) atoms. The molecule has 0 aromatic heterocycles. The number of halogens is 1. The minimum atomic E-state index is 0.165. The average molecular weight is 466 g/mol. The molecule has 138 valence electrons. The third-order valence-corrected chi connectivity index (χ3v) is 5.38. The van der Waals surface area contributed by atoms with Gasteiger partial charge in [0.15, 0.2) is 0 Å². The van der Waals surface area contributed by atoms with Crippen LogP contribution in [0.5, 0.6) is 11.5 Å². The molecule has 0 N–H and O–H groups in total. The van der Waals surface area contributed by atoms with Gasteiger partial charge in [0.1, 0.15) is 23.7 Å². The Hall–Kier alpha value is -1.31.